The summed E-state index contributed by atoms with van der Waals surface area (Å²) in [6, 6.07) is 8.65. The number of benzene rings is 1. The lowest BCUT2D eigenvalue weighted by molar-refractivity contribution is 0.0383. The first kappa shape index (κ1) is 18.9. The summed E-state index contributed by atoms with van der Waals surface area (Å²) in [7, 11) is 0. The highest BCUT2D eigenvalue weighted by molar-refractivity contribution is 6.43. The number of amides is 1. The maximum Gasteiger partial charge on any atom is 0.251 e. The molecule has 6 nitrogen and oxygen atoms in total. The molecular formula is C18H20Cl2N4O2. The first-order valence-electron chi connectivity index (χ1n) is 8.39. The van der Waals surface area contributed by atoms with Gasteiger partial charge in [-0.25, -0.2) is 4.98 Å². The molecule has 0 unspecified atom stereocenters. The van der Waals surface area contributed by atoms with Crippen LogP contribution in [0.5, 0.6) is 0 Å². The Kier molecular flexibility index (Phi) is 6.68. The van der Waals surface area contributed by atoms with Gasteiger partial charge in [0.15, 0.2) is 0 Å². The fraction of sp³-hybridized carbons (Fsp3) is 0.333. The zero-order chi connectivity index (χ0) is 18.4. The van der Waals surface area contributed by atoms with Gasteiger partial charge in [0.2, 0.25) is 0 Å². The van der Waals surface area contributed by atoms with Crippen LogP contribution in [0.15, 0.2) is 36.5 Å². The van der Waals surface area contributed by atoms with E-state index < -0.39 is 0 Å². The molecule has 2 N–H and O–H groups in total. The second kappa shape index (κ2) is 9.19. The van der Waals surface area contributed by atoms with Crippen molar-refractivity contribution in [2.75, 3.05) is 44.7 Å². The van der Waals surface area contributed by atoms with Crippen molar-refractivity contribution in [3.63, 3.8) is 0 Å². The molecule has 0 aliphatic carbocycles. The molecule has 2 aromatic rings. The normalized spacial score (nSPS) is 14.8. The number of pyridine rings is 1. The number of halogens is 2. The van der Waals surface area contributed by atoms with Gasteiger partial charge in [-0.15, -0.1) is 0 Å². The van der Waals surface area contributed by atoms with Gasteiger partial charge in [0.1, 0.15) is 5.82 Å². The monoisotopic (exact) mass is 394 g/mol. The second-order valence-corrected chi connectivity index (χ2v) is 6.65. The molecule has 0 spiro atoms. The minimum absolute atomic E-state index is 0.138. The Bertz CT molecular complexity index is 767. The molecule has 1 aromatic carbocycles. The molecule has 138 valence electrons. The van der Waals surface area contributed by atoms with Crippen molar-refractivity contribution < 1.29 is 9.53 Å². The van der Waals surface area contributed by atoms with Gasteiger partial charge in [-0.3, -0.25) is 9.69 Å². The molecule has 1 amide bonds. The summed E-state index contributed by atoms with van der Waals surface area (Å²) in [4.78, 5) is 18.8. The summed E-state index contributed by atoms with van der Waals surface area (Å²) in [6.45, 7) is 4.70. The van der Waals surface area contributed by atoms with Crippen LogP contribution >= 0.6 is 23.2 Å². The third-order valence-electron chi connectivity index (χ3n) is 4.05. The molecule has 1 aliphatic heterocycles. The Labute approximate surface area is 162 Å². The van der Waals surface area contributed by atoms with Crippen molar-refractivity contribution in [1.82, 2.24) is 15.2 Å². The van der Waals surface area contributed by atoms with Gasteiger partial charge in [-0.05, 0) is 24.3 Å². The van der Waals surface area contributed by atoms with E-state index >= 15 is 0 Å². The van der Waals surface area contributed by atoms with Gasteiger partial charge in [0.25, 0.3) is 5.91 Å². The van der Waals surface area contributed by atoms with Crippen molar-refractivity contribution in [2.24, 2.45) is 0 Å². The van der Waals surface area contributed by atoms with Crippen LogP contribution in [0.1, 0.15) is 10.4 Å². The number of rotatable bonds is 6. The summed E-state index contributed by atoms with van der Waals surface area (Å²) in [5.41, 5.74) is 1.17. The average Bonchev–Trinajstić information content (AvgIpc) is 2.66. The Morgan fingerprint density at radius 1 is 1.23 bits per heavy atom. The van der Waals surface area contributed by atoms with Crippen LogP contribution in [-0.4, -0.2) is 55.2 Å². The van der Waals surface area contributed by atoms with Crippen molar-refractivity contribution >= 4 is 40.6 Å². The summed E-state index contributed by atoms with van der Waals surface area (Å²) < 4.78 is 5.31. The van der Waals surface area contributed by atoms with Gasteiger partial charge < -0.3 is 15.4 Å². The van der Waals surface area contributed by atoms with Gasteiger partial charge in [0.05, 0.1) is 28.9 Å². The Morgan fingerprint density at radius 2 is 2.04 bits per heavy atom. The minimum atomic E-state index is -0.138. The van der Waals surface area contributed by atoms with E-state index in [0.717, 1.165) is 32.8 Å². The molecular weight excluding hydrogens is 375 g/mol. The van der Waals surface area contributed by atoms with Crippen LogP contribution in [0.4, 0.5) is 11.5 Å². The maximum atomic E-state index is 12.4. The van der Waals surface area contributed by atoms with E-state index in [2.05, 4.69) is 20.5 Å². The Hall–Kier alpha value is -1.86. The second-order valence-electron chi connectivity index (χ2n) is 5.87. The first-order valence-corrected chi connectivity index (χ1v) is 9.14. The zero-order valence-corrected chi connectivity index (χ0v) is 15.7. The summed E-state index contributed by atoms with van der Waals surface area (Å²) >= 11 is 12.2. The quantitative estimate of drug-likeness (QED) is 0.787. The molecule has 0 saturated carbocycles. The lowest BCUT2D eigenvalue weighted by atomic mass is 10.2. The molecule has 1 aliphatic rings. The predicted octanol–water partition coefficient (Wildman–Crippen LogP) is 3.19. The number of morpholine rings is 1. The van der Waals surface area contributed by atoms with Crippen LogP contribution in [0.25, 0.3) is 0 Å². The van der Waals surface area contributed by atoms with Crippen molar-refractivity contribution in [3.8, 4) is 0 Å². The van der Waals surface area contributed by atoms with Crippen LogP contribution in [0.2, 0.25) is 10.0 Å². The maximum absolute atomic E-state index is 12.4. The fourth-order valence-corrected chi connectivity index (χ4v) is 2.98. The van der Waals surface area contributed by atoms with E-state index in [4.69, 9.17) is 27.9 Å². The lowest BCUT2D eigenvalue weighted by Gasteiger charge is -2.26. The molecule has 8 heteroatoms. The molecule has 0 atom stereocenters. The van der Waals surface area contributed by atoms with E-state index in [1.165, 1.54) is 0 Å². The first-order chi connectivity index (χ1) is 12.6. The smallest absolute Gasteiger partial charge is 0.251 e. The summed E-state index contributed by atoms with van der Waals surface area (Å²) in [5, 5.41) is 6.89. The number of aromatic nitrogens is 1. The number of ether oxygens (including phenoxy) is 1. The molecule has 0 bridgehead atoms. The number of carbonyl (C=O) groups excluding carboxylic acids is 1. The minimum Gasteiger partial charge on any atom is -0.379 e. The van der Waals surface area contributed by atoms with Crippen molar-refractivity contribution in [1.29, 1.82) is 0 Å². The summed E-state index contributed by atoms with van der Waals surface area (Å²) in [5.74, 6) is 0.385. The number of anilines is 2. The number of nitrogens with one attached hydrogen (secondary N) is 2. The molecule has 0 radical (unpaired) electrons. The van der Waals surface area contributed by atoms with Crippen LogP contribution in [0, 0.1) is 0 Å². The van der Waals surface area contributed by atoms with Gasteiger partial charge in [-0.2, -0.15) is 0 Å². The summed E-state index contributed by atoms with van der Waals surface area (Å²) in [6.07, 6.45) is 1.58. The van der Waals surface area contributed by atoms with Crippen LogP contribution < -0.4 is 10.6 Å². The highest BCUT2D eigenvalue weighted by Gasteiger charge is 2.12. The van der Waals surface area contributed by atoms with Crippen molar-refractivity contribution in [2.45, 2.75) is 0 Å². The standard InChI is InChI=1S/C18H20Cl2N4O2/c19-14-2-1-3-15(17(14)20)23-16-12-13(4-5-21-16)18(25)22-6-7-24-8-10-26-11-9-24/h1-5,12H,6-11H2,(H,21,23)(H,22,25). The number of carbonyl (C=O) groups is 1. The molecule has 3 rings (SSSR count). The predicted molar refractivity (Wildman–Crippen MR) is 104 cm³/mol. The van der Waals surface area contributed by atoms with E-state index in [9.17, 15) is 4.79 Å². The molecule has 2 heterocycles. The average molecular weight is 395 g/mol. The SMILES string of the molecule is O=C(NCCN1CCOCC1)c1ccnc(Nc2cccc(Cl)c2Cl)c1. The zero-order valence-electron chi connectivity index (χ0n) is 14.2. The molecule has 26 heavy (non-hydrogen) atoms. The lowest BCUT2D eigenvalue weighted by Crippen LogP contribution is -2.41. The Balaban J connectivity index is 1.57. The topological polar surface area (TPSA) is 66.5 Å². The van der Waals surface area contributed by atoms with Crippen LogP contribution in [0.3, 0.4) is 0 Å². The van der Waals surface area contributed by atoms with E-state index in [-0.39, 0.29) is 5.91 Å². The van der Waals surface area contributed by atoms with Gasteiger partial charge in [-0.1, -0.05) is 29.3 Å². The largest absolute Gasteiger partial charge is 0.379 e. The van der Waals surface area contributed by atoms with E-state index in [0.29, 0.717) is 33.7 Å². The number of nitrogens with zero attached hydrogens (tertiary/aromatic N) is 2. The Morgan fingerprint density at radius 3 is 2.85 bits per heavy atom. The molecule has 1 fully saturated rings. The third-order valence-corrected chi connectivity index (χ3v) is 4.87. The highest BCUT2D eigenvalue weighted by Crippen LogP contribution is 2.31. The van der Waals surface area contributed by atoms with Gasteiger partial charge >= 0.3 is 0 Å². The third kappa shape index (κ3) is 5.08. The highest BCUT2D eigenvalue weighted by atomic mass is 35.5. The van der Waals surface area contributed by atoms with E-state index in [1.54, 1.807) is 36.5 Å². The number of hydrogen-bond donors (Lipinski definition) is 2. The van der Waals surface area contributed by atoms with Gasteiger partial charge in [0, 0.05) is 37.9 Å². The molecule has 1 aromatic heterocycles. The van der Waals surface area contributed by atoms with Crippen LogP contribution in [-0.2, 0) is 4.74 Å². The fourth-order valence-electron chi connectivity index (χ4n) is 2.63. The van der Waals surface area contributed by atoms with Crippen molar-refractivity contribution in [3.05, 3.63) is 52.1 Å². The van der Waals surface area contributed by atoms with E-state index in [1.807, 2.05) is 0 Å². The molecule has 1 saturated heterocycles. The number of hydrogen-bond acceptors (Lipinski definition) is 5.